The predicted octanol–water partition coefficient (Wildman–Crippen LogP) is 2.46. The van der Waals surface area contributed by atoms with E-state index in [1.54, 1.807) is 0 Å². The Hall–Kier alpha value is -0.680. The van der Waals surface area contributed by atoms with E-state index >= 15 is 0 Å². The molecule has 1 aliphatic carbocycles. The highest BCUT2D eigenvalue weighted by atomic mass is 19.3. The minimum Gasteiger partial charge on any atom is -0.233 e. The van der Waals surface area contributed by atoms with E-state index in [0.29, 0.717) is 0 Å². The van der Waals surface area contributed by atoms with Gasteiger partial charge >= 0.3 is 11.8 Å². The predicted molar refractivity (Wildman–Crippen MR) is 24.0 cm³/mol. The third-order valence-corrected chi connectivity index (χ3v) is 1.29. The van der Waals surface area contributed by atoms with E-state index in [-0.39, 0.29) is 0 Å². The molecule has 0 radical (unpaired) electrons. The lowest BCUT2D eigenvalue weighted by molar-refractivity contribution is -0.125. The minimum atomic E-state index is -4.68. The maximum absolute atomic E-state index is 11.9. The molecule has 0 heterocycles. The second kappa shape index (κ2) is 1.92. The van der Waals surface area contributed by atoms with Gasteiger partial charge in [-0.25, -0.2) is 8.78 Å². The molecule has 0 bridgehead atoms. The van der Waals surface area contributed by atoms with Gasteiger partial charge in [-0.05, 0) is 0 Å². The molecule has 0 aromatic heterocycles. The third kappa shape index (κ3) is 1.00. The Labute approximate surface area is 57.5 Å². The zero-order chi connectivity index (χ0) is 8.86. The molecule has 11 heavy (non-hydrogen) atoms. The summed E-state index contributed by atoms with van der Waals surface area (Å²) in [6.07, 6.45) is -4.48. The van der Waals surface area contributed by atoms with Crippen LogP contribution < -0.4 is 0 Å². The molecule has 1 atom stereocenters. The lowest BCUT2D eigenvalue weighted by atomic mass is 10.2. The fraction of sp³-hybridized carbons (Fsp3) is 0.600. The maximum Gasteiger partial charge on any atom is 0.335 e. The van der Waals surface area contributed by atoms with E-state index in [2.05, 4.69) is 0 Å². The Balaban J connectivity index is 3.04. The molecule has 0 fully saturated rings. The van der Waals surface area contributed by atoms with Gasteiger partial charge in [0.15, 0.2) is 5.83 Å². The SMILES string of the molecule is FC1=CC(F)(F)C(F)C1(F)F. The molecule has 0 spiro atoms. The lowest BCUT2D eigenvalue weighted by Crippen LogP contribution is -2.36. The Morgan fingerprint density at radius 2 is 1.64 bits per heavy atom. The molecule has 0 N–H and O–H groups in total. The molecule has 0 saturated carbocycles. The van der Waals surface area contributed by atoms with Gasteiger partial charge in [-0.3, -0.25) is 0 Å². The molecule has 64 valence electrons. The summed E-state index contributed by atoms with van der Waals surface area (Å²) in [6.45, 7) is 0. The molecule has 6 heteroatoms. The van der Waals surface area contributed by atoms with Crippen molar-refractivity contribution in [2.24, 2.45) is 0 Å². The monoisotopic (exact) mass is 176 g/mol. The molecule has 1 rings (SSSR count). The van der Waals surface area contributed by atoms with Crippen LogP contribution in [0, 0.1) is 0 Å². The van der Waals surface area contributed by atoms with Crippen molar-refractivity contribution in [1.82, 2.24) is 0 Å². The molecule has 0 amide bonds. The van der Waals surface area contributed by atoms with Crippen LogP contribution in [0.5, 0.6) is 0 Å². The van der Waals surface area contributed by atoms with Crippen LogP contribution in [0.2, 0.25) is 0 Å². The van der Waals surface area contributed by atoms with Crippen molar-refractivity contribution >= 4 is 0 Å². The number of halogens is 6. The topological polar surface area (TPSA) is 0 Å². The van der Waals surface area contributed by atoms with Crippen molar-refractivity contribution in [2.75, 3.05) is 0 Å². The van der Waals surface area contributed by atoms with Crippen molar-refractivity contribution in [2.45, 2.75) is 18.0 Å². The van der Waals surface area contributed by atoms with E-state index < -0.39 is 29.9 Å². The lowest BCUT2D eigenvalue weighted by Gasteiger charge is -2.15. The van der Waals surface area contributed by atoms with Gasteiger partial charge in [-0.15, -0.1) is 0 Å². The van der Waals surface area contributed by atoms with Gasteiger partial charge in [0, 0.05) is 6.08 Å². The van der Waals surface area contributed by atoms with Crippen molar-refractivity contribution in [3.05, 3.63) is 11.9 Å². The van der Waals surface area contributed by atoms with Crippen LogP contribution in [-0.2, 0) is 0 Å². The minimum absolute atomic E-state index is 0.697. The Morgan fingerprint density at radius 3 is 1.73 bits per heavy atom. The van der Waals surface area contributed by atoms with Gasteiger partial charge in [-0.1, -0.05) is 0 Å². The number of hydrogen-bond donors (Lipinski definition) is 0. The van der Waals surface area contributed by atoms with Crippen LogP contribution in [-0.4, -0.2) is 18.0 Å². The zero-order valence-corrected chi connectivity index (χ0v) is 4.92. The summed E-state index contributed by atoms with van der Waals surface area (Å²) in [5, 5.41) is 0. The van der Waals surface area contributed by atoms with E-state index in [4.69, 9.17) is 0 Å². The summed E-state index contributed by atoms with van der Waals surface area (Å²) in [7, 11) is 0. The summed E-state index contributed by atoms with van der Waals surface area (Å²) in [5.41, 5.74) is 0. The quantitative estimate of drug-likeness (QED) is 0.497. The highest BCUT2D eigenvalue weighted by molar-refractivity contribution is 5.24. The van der Waals surface area contributed by atoms with Crippen LogP contribution >= 0.6 is 0 Å². The van der Waals surface area contributed by atoms with Crippen LogP contribution in [0.15, 0.2) is 11.9 Å². The first-order valence-electron chi connectivity index (χ1n) is 2.57. The van der Waals surface area contributed by atoms with Gasteiger partial charge in [0.05, 0.1) is 0 Å². The van der Waals surface area contributed by atoms with Crippen molar-refractivity contribution in [3.63, 3.8) is 0 Å². The standard InChI is InChI=1S/C5H2F6/c6-2-1-4(8,9)3(7)5(2,10)11/h1,3H. The Kier molecular flexibility index (Phi) is 1.47. The second-order valence-electron chi connectivity index (χ2n) is 2.15. The van der Waals surface area contributed by atoms with Gasteiger partial charge in [0.1, 0.15) is 0 Å². The highest BCUT2D eigenvalue weighted by Gasteiger charge is 2.63. The van der Waals surface area contributed by atoms with Crippen LogP contribution in [0.3, 0.4) is 0 Å². The molecule has 1 aliphatic rings. The van der Waals surface area contributed by atoms with Gasteiger partial charge < -0.3 is 0 Å². The van der Waals surface area contributed by atoms with Gasteiger partial charge in [0.25, 0.3) is 0 Å². The van der Waals surface area contributed by atoms with Crippen LogP contribution in [0.1, 0.15) is 0 Å². The molecule has 0 saturated heterocycles. The Bertz CT molecular complexity index is 205. The number of alkyl halides is 5. The summed E-state index contributed by atoms with van der Waals surface area (Å²) in [6, 6.07) is 0. The summed E-state index contributed by atoms with van der Waals surface area (Å²) >= 11 is 0. The molecule has 0 aromatic rings. The van der Waals surface area contributed by atoms with Crippen LogP contribution in [0.4, 0.5) is 26.3 Å². The third-order valence-electron chi connectivity index (χ3n) is 1.29. The first-order valence-corrected chi connectivity index (χ1v) is 2.57. The molecular formula is C5H2F6. The largest absolute Gasteiger partial charge is 0.335 e. The average Bonchev–Trinajstić information content (AvgIpc) is 1.94. The van der Waals surface area contributed by atoms with E-state index in [9.17, 15) is 26.3 Å². The van der Waals surface area contributed by atoms with Crippen molar-refractivity contribution < 1.29 is 26.3 Å². The van der Waals surface area contributed by atoms with Gasteiger partial charge in [0.2, 0.25) is 6.17 Å². The average molecular weight is 176 g/mol. The molecule has 0 nitrogen and oxygen atoms in total. The highest BCUT2D eigenvalue weighted by Crippen LogP contribution is 2.46. The first-order chi connectivity index (χ1) is 4.78. The normalized spacial score (nSPS) is 33.6. The number of allylic oxidation sites excluding steroid dienone is 2. The molecule has 1 unspecified atom stereocenters. The van der Waals surface area contributed by atoms with Crippen molar-refractivity contribution in [1.29, 1.82) is 0 Å². The van der Waals surface area contributed by atoms with E-state index in [1.165, 1.54) is 0 Å². The smallest absolute Gasteiger partial charge is 0.233 e. The summed E-state index contributed by atoms with van der Waals surface area (Å²) < 4.78 is 71.5. The fourth-order valence-electron chi connectivity index (χ4n) is 0.701. The number of rotatable bonds is 0. The van der Waals surface area contributed by atoms with Gasteiger partial charge in [-0.2, -0.15) is 17.6 Å². The summed E-state index contributed by atoms with van der Waals surface area (Å²) in [4.78, 5) is 0. The molecule has 0 aromatic carbocycles. The summed E-state index contributed by atoms with van der Waals surface area (Å²) in [5.74, 6) is -11.5. The fourth-order valence-corrected chi connectivity index (χ4v) is 0.701. The second-order valence-corrected chi connectivity index (χ2v) is 2.15. The van der Waals surface area contributed by atoms with E-state index in [1.807, 2.05) is 0 Å². The van der Waals surface area contributed by atoms with E-state index in [0.717, 1.165) is 0 Å². The van der Waals surface area contributed by atoms with Crippen molar-refractivity contribution in [3.8, 4) is 0 Å². The maximum atomic E-state index is 11.9. The first kappa shape index (κ1) is 8.42. The molecular weight excluding hydrogens is 174 g/mol. The molecule has 0 aliphatic heterocycles. The Morgan fingerprint density at radius 1 is 1.18 bits per heavy atom. The number of hydrogen-bond acceptors (Lipinski definition) is 0. The zero-order valence-electron chi connectivity index (χ0n) is 4.92. The van der Waals surface area contributed by atoms with Crippen LogP contribution in [0.25, 0.3) is 0 Å².